The largest absolute Gasteiger partial charge is 0.484 e. The van der Waals surface area contributed by atoms with E-state index in [0.29, 0.717) is 30.3 Å². The quantitative estimate of drug-likeness (QED) is 0.617. The second kappa shape index (κ2) is 8.54. The molecule has 1 amide bonds. The molecule has 3 rings (SSSR count). The fourth-order valence-electron chi connectivity index (χ4n) is 2.69. The Bertz CT molecular complexity index is 903. The standard InChI is InChI=1S/C20H20ClN3O2/c1-2-13-24-18-6-4-3-5-17(18)23-19(24)11-12-22-20(25)14-26-16-9-7-15(21)8-10-16/h2-10H,1,11-14H2,(H,22,25). The van der Waals surface area contributed by atoms with Crippen LogP contribution in [0.1, 0.15) is 5.82 Å². The van der Waals surface area contributed by atoms with Crippen molar-refractivity contribution in [3.63, 3.8) is 0 Å². The number of nitrogens with one attached hydrogen (secondary N) is 1. The minimum absolute atomic E-state index is 0.0370. The first-order chi connectivity index (χ1) is 12.7. The average molecular weight is 370 g/mol. The monoisotopic (exact) mass is 369 g/mol. The van der Waals surface area contributed by atoms with Crippen molar-refractivity contribution in [2.75, 3.05) is 13.2 Å². The van der Waals surface area contributed by atoms with Gasteiger partial charge in [0.25, 0.3) is 5.91 Å². The number of nitrogens with zero attached hydrogens (tertiary/aromatic N) is 2. The molecule has 6 heteroatoms. The summed E-state index contributed by atoms with van der Waals surface area (Å²) in [5.74, 6) is 1.36. The Morgan fingerprint density at radius 2 is 2.00 bits per heavy atom. The molecule has 0 atom stereocenters. The van der Waals surface area contributed by atoms with Gasteiger partial charge in [-0.1, -0.05) is 29.8 Å². The van der Waals surface area contributed by atoms with Gasteiger partial charge >= 0.3 is 0 Å². The summed E-state index contributed by atoms with van der Waals surface area (Å²) in [6.45, 7) is 4.94. The van der Waals surface area contributed by atoms with Crippen LogP contribution in [-0.2, 0) is 17.8 Å². The van der Waals surface area contributed by atoms with Crippen LogP contribution in [0.5, 0.6) is 5.75 Å². The Morgan fingerprint density at radius 1 is 1.23 bits per heavy atom. The number of imidazole rings is 1. The van der Waals surface area contributed by atoms with Gasteiger partial charge in [0.15, 0.2) is 6.61 Å². The molecule has 0 aliphatic heterocycles. The molecule has 5 nitrogen and oxygen atoms in total. The normalized spacial score (nSPS) is 10.7. The Morgan fingerprint density at radius 3 is 2.77 bits per heavy atom. The molecule has 1 N–H and O–H groups in total. The smallest absolute Gasteiger partial charge is 0.257 e. The molecule has 134 valence electrons. The van der Waals surface area contributed by atoms with E-state index in [1.54, 1.807) is 24.3 Å². The summed E-state index contributed by atoms with van der Waals surface area (Å²) < 4.78 is 7.54. The summed E-state index contributed by atoms with van der Waals surface area (Å²) >= 11 is 5.82. The second-order valence-electron chi connectivity index (χ2n) is 5.76. The molecule has 3 aromatic rings. The number of carbonyl (C=O) groups is 1. The van der Waals surface area contributed by atoms with Crippen LogP contribution in [0.15, 0.2) is 61.2 Å². The number of halogens is 1. The number of fused-ring (bicyclic) bond motifs is 1. The van der Waals surface area contributed by atoms with Crippen LogP contribution in [0.2, 0.25) is 5.02 Å². The van der Waals surface area contributed by atoms with Gasteiger partial charge in [0, 0.05) is 24.5 Å². The lowest BCUT2D eigenvalue weighted by Gasteiger charge is -2.09. The zero-order chi connectivity index (χ0) is 18.4. The second-order valence-corrected chi connectivity index (χ2v) is 6.20. The molecule has 1 heterocycles. The SMILES string of the molecule is C=CCn1c(CCNC(=O)COc2ccc(Cl)cc2)nc2ccccc21. The van der Waals surface area contributed by atoms with E-state index in [4.69, 9.17) is 16.3 Å². The molecule has 0 saturated carbocycles. The van der Waals surface area contributed by atoms with Crippen LogP contribution in [-0.4, -0.2) is 28.6 Å². The number of allylic oxidation sites excluding steroid dienone is 1. The number of para-hydroxylation sites is 2. The van der Waals surface area contributed by atoms with Crippen LogP contribution in [0, 0.1) is 0 Å². The molecule has 0 aliphatic carbocycles. The number of ether oxygens (including phenoxy) is 1. The maximum atomic E-state index is 12.0. The summed E-state index contributed by atoms with van der Waals surface area (Å²) in [7, 11) is 0. The van der Waals surface area contributed by atoms with Crippen molar-refractivity contribution in [1.82, 2.24) is 14.9 Å². The third-order valence-electron chi connectivity index (χ3n) is 3.90. The first-order valence-electron chi connectivity index (χ1n) is 8.37. The first kappa shape index (κ1) is 18.0. The molecule has 0 radical (unpaired) electrons. The Hall–Kier alpha value is -2.79. The highest BCUT2D eigenvalue weighted by Crippen LogP contribution is 2.17. The van der Waals surface area contributed by atoms with Gasteiger partial charge in [-0.05, 0) is 36.4 Å². The van der Waals surface area contributed by atoms with Crippen LogP contribution < -0.4 is 10.1 Å². The molecule has 0 unspecified atom stereocenters. The Labute approximate surface area is 157 Å². The fraction of sp³-hybridized carbons (Fsp3) is 0.200. The Balaban J connectivity index is 1.53. The molecular formula is C20H20ClN3O2. The molecule has 0 spiro atoms. The van der Waals surface area contributed by atoms with Gasteiger partial charge < -0.3 is 14.6 Å². The lowest BCUT2D eigenvalue weighted by atomic mass is 10.3. The van der Waals surface area contributed by atoms with Crippen molar-refractivity contribution in [1.29, 1.82) is 0 Å². The highest BCUT2D eigenvalue weighted by Gasteiger charge is 2.10. The molecule has 0 bridgehead atoms. The van der Waals surface area contributed by atoms with Crippen molar-refractivity contribution < 1.29 is 9.53 Å². The summed E-state index contributed by atoms with van der Waals surface area (Å²) in [4.78, 5) is 16.6. The molecule has 0 saturated heterocycles. The van der Waals surface area contributed by atoms with Crippen molar-refractivity contribution >= 4 is 28.5 Å². The molecular weight excluding hydrogens is 350 g/mol. The maximum absolute atomic E-state index is 12.0. The minimum Gasteiger partial charge on any atom is -0.484 e. The summed E-state index contributed by atoms with van der Waals surface area (Å²) in [6, 6.07) is 14.9. The van der Waals surface area contributed by atoms with Crippen LogP contribution in [0.3, 0.4) is 0 Å². The summed E-state index contributed by atoms with van der Waals surface area (Å²) in [5, 5.41) is 3.49. The van der Waals surface area contributed by atoms with Gasteiger partial charge in [-0.3, -0.25) is 4.79 Å². The molecule has 26 heavy (non-hydrogen) atoms. The zero-order valence-corrected chi connectivity index (χ0v) is 15.1. The van der Waals surface area contributed by atoms with Gasteiger partial charge in [0.2, 0.25) is 0 Å². The molecule has 1 aromatic heterocycles. The van der Waals surface area contributed by atoms with Crippen molar-refractivity contribution in [3.05, 3.63) is 72.0 Å². The predicted molar refractivity (Wildman–Crippen MR) is 104 cm³/mol. The van der Waals surface area contributed by atoms with Crippen molar-refractivity contribution in [2.45, 2.75) is 13.0 Å². The van der Waals surface area contributed by atoms with E-state index >= 15 is 0 Å². The molecule has 0 aliphatic rings. The van der Waals surface area contributed by atoms with E-state index < -0.39 is 0 Å². The fourth-order valence-corrected chi connectivity index (χ4v) is 2.82. The number of amides is 1. The lowest BCUT2D eigenvalue weighted by molar-refractivity contribution is -0.123. The van der Waals surface area contributed by atoms with Gasteiger partial charge in [-0.15, -0.1) is 6.58 Å². The summed E-state index contributed by atoms with van der Waals surface area (Å²) in [5.41, 5.74) is 2.02. The van der Waals surface area contributed by atoms with Crippen molar-refractivity contribution in [3.8, 4) is 5.75 Å². The van der Waals surface area contributed by atoms with Crippen LogP contribution in [0.4, 0.5) is 0 Å². The van der Waals surface area contributed by atoms with E-state index in [1.165, 1.54) is 0 Å². The third-order valence-corrected chi connectivity index (χ3v) is 4.15. The van der Waals surface area contributed by atoms with E-state index in [9.17, 15) is 4.79 Å². The van der Waals surface area contributed by atoms with Crippen LogP contribution >= 0.6 is 11.6 Å². The highest BCUT2D eigenvalue weighted by atomic mass is 35.5. The van der Waals surface area contributed by atoms with E-state index in [2.05, 4.69) is 21.4 Å². The van der Waals surface area contributed by atoms with Crippen molar-refractivity contribution in [2.24, 2.45) is 0 Å². The lowest BCUT2D eigenvalue weighted by Crippen LogP contribution is -2.31. The zero-order valence-electron chi connectivity index (χ0n) is 14.3. The minimum atomic E-state index is -0.175. The topological polar surface area (TPSA) is 56.2 Å². The van der Waals surface area contributed by atoms with Crippen LogP contribution in [0.25, 0.3) is 11.0 Å². The number of aromatic nitrogens is 2. The molecule has 0 fully saturated rings. The average Bonchev–Trinajstić information content (AvgIpc) is 2.99. The molecule has 2 aromatic carbocycles. The van der Waals surface area contributed by atoms with E-state index in [0.717, 1.165) is 16.9 Å². The highest BCUT2D eigenvalue weighted by molar-refractivity contribution is 6.30. The summed E-state index contributed by atoms with van der Waals surface area (Å²) in [6.07, 6.45) is 2.48. The van der Waals surface area contributed by atoms with Gasteiger partial charge in [0.05, 0.1) is 11.0 Å². The maximum Gasteiger partial charge on any atom is 0.257 e. The Kier molecular flexibility index (Phi) is 5.92. The number of hydrogen-bond donors (Lipinski definition) is 1. The predicted octanol–water partition coefficient (Wildman–Crippen LogP) is 3.61. The number of benzene rings is 2. The third kappa shape index (κ3) is 4.43. The number of hydrogen-bond acceptors (Lipinski definition) is 3. The van der Waals surface area contributed by atoms with Gasteiger partial charge in [0.1, 0.15) is 11.6 Å². The number of rotatable bonds is 8. The first-order valence-corrected chi connectivity index (χ1v) is 8.75. The van der Waals surface area contributed by atoms with E-state index in [-0.39, 0.29) is 12.5 Å². The van der Waals surface area contributed by atoms with Gasteiger partial charge in [-0.25, -0.2) is 4.98 Å². The van der Waals surface area contributed by atoms with E-state index in [1.807, 2.05) is 30.3 Å². The number of carbonyl (C=O) groups excluding carboxylic acids is 1. The van der Waals surface area contributed by atoms with Gasteiger partial charge in [-0.2, -0.15) is 0 Å².